The molecule has 1 unspecified atom stereocenters. The fraction of sp³-hybridized carbons (Fsp3) is 0.308. The molecule has 0 radical (unpaired) electrons. The average molecular weight is 485 g/mol. The highest BCUT2D eigenvalue weighted by atomic mass is 32.1. The van der Waals surface area contributed by atoms with Crippen molar-refractivity contribution in [2.45, 2.75) is 31.6 Å². The topological polar surface area (TPSA) is 49.4 Å². The minimum absolute atomic E-state index is 0.00518. The third-order valence-corrected chi connectivity index (χ3v) is 7.53. The predicted octanol–water partition coefficient (Wildman–Crippen LogP) is 5.19. The zero-order chi connectivity index (χ0) is 23.9. The molecule has 2 aliphatic rings. The van der Waals surface area contributed by atoms with Gasteiger partial charge in [-0.3, -0.25) is 9.59 Å². The second kappa shape index (κ2) is 8.91. The van der Waals surface area contributed by atoms with Crippen LogP contribution in [0.4, 0.5) is 13.2 Å². The number of carbonyl (C=O) groups excluding carboxylic acids is 2. The summed E-state index contributed by atoms with van der Waals surface area (Å²) in [6.07, 6.45) is -3.18. The fourth-order valence-corrected chi connectivity index (χ4v) is 5.60. The molecule has 1 aliphatic carbocycles. The van der Waals surface area contributed by atoms with E-state index in [0.29, 0.717) is 18.5 Å². The third kappa shape index (κ3) is 4.46. The Morgan fingerprint density at radius 1 is 1.03 bits per heavy atom. The van der Waals surface area contributed by atoms with Gasteiger partial charge < -0.3 is 10.2 Å². The van der Waals surface area contributed by atoms with Gasteiger partial charge in [0, 0.05) is 18.0 Å². The smallest absolute Gasteiger partial charge is 0.352 e. The molecule has 0 bridgehead atoms. The first kappa shape index (κ1) is 22.7. The molecule has 1 aliphatic heterocycles. The third-order valence-electron chi connectivity index (χ3n) is 6.53. The first-order chi connectivity index (χ1) is 16.3. The second-order valence-electron chi connectivity index (χ2n) is 8.76. The Labute approximate surface area is 199 Å². The average Bonchev–Trinajstić information content (AvgIpc) is 3.50. The van der Waals surface area contributed by atoms with E-state index in [-0.39, 0.29) is 24.4 Å². The van der Waals surface area contributed by atoms with Gasteiger partial charge in [-0.25, -0.2) is 0 Å². The second-order valence-corrected chi connectivity index (χ2v) is 9.76. The number of nitrogens with one attached hydrogen (secondary N) is 1. The molecule has 3 atom stereocenters. The summed E-state index contributed by atoms with van der Waals surface area (Å²) in [5.74, 6) is -1.17. The lowest BCUT2D eigenvalue weighted by Gasteiger charge is -2.36. The summed E-state index contributed by atoms with van der Waals surface area (Å²) in [6, 6.07) is 16.7. The summed E-state index contributed by atoms with van der Waals surface area (Å²) in [7, 11) is 0. The van der Waals surface area contributed by atoms with Crippen molar-refractivity contribution in [1.29, 1.82) is 0 Å². The first-order valence-electron chi connectivity index (χ1n) is 11.2. The lowest BCUT2D eigenvalue weighted by Crippen LogP contribution is -2.41. The Morgan fingerprint density at radius 3 is 2.59 bits per heavy atom. The zero-order valence-corrected chi connectivity index (χ0v) is 19.0. The van der Waals surface area contributed by atoms with Crippen LogP contribution in [0, 0.1) is 11.8 Å². The van der Waals surface area contributed by atoms with Crippen LogP contribution in [0.25, 0.3) is 0 Å². The van der Waals surface area contributed by atoms with Crippen LogP contribution < -0.4 is 5.32 Å². The lowest BCUT2D eigenvalue weighted by atomic mass is 9.93. The standard InChI is InChI=1S/C26H23F3N2O2S/c27-26(28,29)18-8-4-5-16(13-18)15-30-24(32)20-14-21(20)25(33)31-11-9-22-19(10-12-34-22)23(31)17-6-2-1-3-7-17/h1-8,10,12-13,20-21,23H,9,11,14-15H2,(H,30,32)/t20-,21-,23?/m0/s1. The molecule has 4 nitrogen and oxygen atoms in total. The number of carbonyl (C=O) groups is 2. The Hall–Kier alpha value is -3.13. The number of nitrogens with zero attached hydrogens (tertiary/aromatic N) is 1. The summed E-state index contributed by atoms with van der Waals surface area (Å²) in [5.41, 5.74) is 1.81. The Bertz CT molecular complexity index is 1210. The van der Waals surface area contributed by atoms with Gasteiger partial charge in [-0.05, 0) is 53.1 Å². The molecule has 0 saturated heterocycles. The summed E-state index contributed by atoms with van der Waals surface area (Å²) >= 11 is 1.70. The minimum Gasteiger partial charge on any atom is -0.352 e. The van der Waals surface area contributed by atoms with Gasteiger partial charge in [-0.15, -0.1) is 11.3 Å². The van der Waals surface area contributed by atoms with Crippen LogP contribution in [-0.2, 0) is 28.7 Å². The van der Waals surface area contributed by atoms with Gasteiger partial charge in [-0.1, -0.05) is 42.5 Å². The van der Waals surface area contributed by atoms with E-state index >= 15 is 0 Å². The van der Waals surface area contributed by atoms with Gasteiger partial charge in [0.15, 0.2) is 0 Å². The molecule has 2 heterocycles. The number of rotatable bonds is 5. The van der Waals surface area contributed by atoms with Crippen molar-refractivity contribution in [1.82, 2.24) is 10.2 Å². The number of benzene rings is 2. The summed E-state index contributed by atoms with van der Waals surface area (Å²) in [6.45, 7) is 0.593. The molecule has 1 fully saturated rings. The van der Waals surface area contributed by atoms with Crippen LogP contribution >= 0.6 is 11.3 Å². The van der Waals surface area contributed by atoms with Crippen molar-refractivity contribution in [2.75, 3.05) is 6.54 Å². The van der Waals surface area contributed by atoms with E-state index in [9.17, 15) is 22.8 Å². The van der Waals surface area contributed by atoms with Crippen molar-refractivity contribution < 1.29 is 22.8 Å². The maximum absolute atomic E-state index is 13.4. The quantitative estimate of drug-likeness (QED) is 0.542. The van der Waals surface area contributed by atoms with Crippen molar-refractivity contribution in [3.8, 4) is 0 Å². The SMILES string of the molecule is O=C(NCc1cccc(C(F)(F)F)c1)[C@H]1C[C@@H]1C(=O)N1CCc2sccc2C1c1ccccc1. The molecule has 0 spiro atoms. The highest BCUT2D eigenvalue weighted by Crippen LogP contribution is 2.45. The molecular weight excluding hydrogens is 461 g/mol. The Morgan fingerprint density at radius 2 is 1.82 bits per heavy atom. The molecule has 34 heavy (non-hydrogen) atoms. The molecule has 1 N–H and O–H groups in total. The molecule has 1 aromatic heterocycles. The molecule has 1 saturated carbocycles. The van der Waals surface area contributed by atoms with Crippen LogP contribution in [0.1, 0.15) is 39.6 Å². The van der Waals surface area contributed by atoms with Crippen LogP contribution in [0.5, 0.6) is 0 Å². The minimum atomic E-state index is -4.43. The van der Waals surface area contributed by atoms with Gasteiger partial charge in [0.2, 0.25) is 11.8 Å². The number of amides is 2. The monoisotopic (exact) mass is 484 g/mol. The van der Waals surface area contributed by atoms with Gasteiger partial charge in [0.25, 0.3) is 0 Å². The van der Waals surface area contributed by atoms with E-state index < -0.39 is 23.6 Å². The number of hydrogen-bond donors (Lipinski definition) is 1. The van der Waals surface area contributed by atoms with Crippen LogP contribution in [0.2, 0.25) is 0 Å². The highest BCUT2D eigenvalue weighted by Gasteiger charge is 2.51. The molecule has 2 amide bonds. The number of hydrogen-bond acceptors (Lipinski definition) is 3. The van der Waals surface area contributed by atoms with E-state index in [4.69, 9.17) is 0 Å². The van der Waals surface area contributed by atoms with Crippen molar-refractivity contribution in [2.24, 2.45) is 11.8 Å². The molecule has 3 aromatic rings. The zero-order valence-electron chi connectivity index (χ0n) is 18.2. The molecular formula is C26H23F3N2O2S. The van der Waals surface area contributed by atoms with Crippen molar-refractivity contribution >= 4 is 23.2 Å². The van der Waals surface area contributed by atoms with E-state index in [1.54, 1.807) is 17.4 Å². The number of alkyl halides is 3. The van der Waals surface area contributed by atoms with E-state index in [1.165, 1.54) is 10.9 Å². The summed E-state index contributed by atoms with van der Waals surface area (Å²) < 4.78 is 38.8. The largest absolute Gasteiger partial charge is 0.416 e. The highest BCUT2D eigenvalue weighted by molar-refractivity contribution is 7.10. The molecule has 8 heteroatoms. The normalized spacial score (nSPS) is 21.6. The Kier molecular flexibility index (Phi) is 5.93. The van der Waals surface area contributed by atoms with Crippen molar-refractivity contribution in [3.05, 3.63) is 93.2 Å². The fourth-order valence-electron chi connectivity index (χ4n) is 4.70. The van der Waals surface area contributed by atoms with Gasteiger partial charge in [0.1, 0.15) is 0 Å². The van der Waals surface area contributed by atoms with Gasteiger partial charge in [0.05, 0.1) is 23.4 Å². The van der Waals surface area contributed by atoms with Crippen molar-refractivity contribution in [3.63, 3.8) is 0 Å². The molecule has 176 valence electrons. The van der Waals surface area contributed by atoms with Crippen LogP contribution in [0.3, 0.4) is 0 Å². The van der Waals surface area contributed by atoms with E-state index in [2.05, 4.69) is 16.8 Å². The molecule has 5 rings (SSSR count). The lowest BCUT2D eigenvalue weighted by molar-refractivity contribution is -0.138. The van der Waals surface area contributed by atoms with E-state index in [1.807, 2.05) is 35.2 Å². The van der Waals surface area contributed by atoms with Gasteiger partial charge >= 0.3 is 6.18 Å². The maximum Gasteiger partial charge on any atom is 0.416 e. The Balaban J connectivity index is 1.25. The maximum atomic E-state index is 13.4. The van der Waals surface area contributed by atoms with Crippen LogP contribution in [-0.4, -0.2) is 23.3 Å². The van der Waals surface area contributed by atoms with Crippen LogP contribution in [0.15, 0.2) is 66.0 Å². The summed E-state index contributed by atoms with van der Waals surface area (Å²) in [5, 5.41) is 4.76. The number of fused-ring (bicyclic) bond motifs is 1. The predicted molar refractivity (Wildman–Crippen MR) is 123 cm³/mol. The van der Waals surface area contributed by atoms with E-state index in [0.717, 1.165) is 29.7 Å². The van der Waals surface area contributed by atoms with Gasteiger partial charge in [-0.2, -0.15) is 13.2 Å². The first-order valence-corrected chi connectivity index (χ1v) is 12.1. The number of halogens is 3. The summed E-state index contributed by atoms with van der Waals surface area (Å²) in [4.78, 5) is 29.3. The molecule has 2 aromatic carbocycles. The number of thiophene rings is 1.